The van der Waals surface area contributed by atoms with Crippen molar-refractivity contribution < 1.29 is 24.8 Å². The third kappa shape index (κ3) is 6.10. The fourth-order valence-corrected chi connectivity index (χ4v) is 3.80. The minimum absolute atomic E-state index is 0.243. The van der Waals surface area contributed by atoms with E-state index < -0.39 is 24.4 Å². The first-order valence-corrected chi connectivity index (χ1v) is 11.3. The smallest absolute Gasteiger partial charge is 0.322 e. The first-order valence-electron chi connectivity index (χ1n) is 11.0. The number of benzene rings is 2. The van der Waals surface area contributed by atoms with Gasteiger partial charge >= 0.3 is 6.01 Å². The van der Waals surface area contributed by atoms with Crippen LogP contribution in [0.15, 0.2) is 48.8 Å². The molecule has 3 aromatic rings. The van der Waals surface area contributed by atoms with E-state index in [0.29, 0.717) is 23.2 Å². The Morgan fingerprint density at radius 1 is 1.15 bits per heavy atom. The number of hydrogen-bond donors (Lipinski definition) is 3. The van der Waals surface area contributed by atoms with Crippen LogP contribution in [0.4, 0.5) is 0 Å². The maximum absolute atomic E-state index is 10.1. The summed E-state index contributed by atoms with van der Waals surface area (Å²) in [7, 11) is 1.80. The SMILES string of the molecule is CC.Cn1cnnc1Oc1ccc(Cc2cc([C@H]3C[C@@H](O)[C@H](O)[C@@H](CO)O3)ccc2Cl)cc1. The number of aromatic nitrogens is 3. The van der Waals surface area contributed by atoms with Crippen molar-refractivity contribution in [3.63, 3.8) is 0 Å². The van der Waals surface area contributed by atoms with Crippen LogP contribution in [0.1, 0.15) is 43.1 Å². The van der Waals surface area contributed by atoms with Crippen molar-refractivity contribution in [2.24, 2.45) is 7.05 Å². The molecule has 0 amide bonds. The van der Waals surface area contributed by atoms with E-state index in [2.05, 4.69) is 10.2 Å². The molecule has 0 aliphatic carbocycles. The lowest BCUT2D eigenvalue weighted by Gasteiger charge is -2.36. The van der Waals surface area contributed by atoms with Crippen LogP contribution in [0.25, 0.3) is 0 Å². The van der Waals surface area contributed by atoms with E-state index in [-0.39, 0.29) is 13.0 Å². The largest absolute Gasteiger partial charge is 0.424 e. The van der Waals surface area contributed by atoms with Gasteiger partial charge in [0.15, 0.2) is 0 Å². The lowest BCUT2D eigenvalue weighted by molar-refractivity contribution is -0.181. The molecule has 0 spiro atoms. The molecule has 2 aromatic carbocycles. The molecule has 0 bridgehead atoms. The molecule has 2 heterocycles. The molecule has 1 saturated heterocycles. The second-order valence-electron chi connectivity index (χ2n) is 7.64. The van der Waals surface area contributed by atoms with Gasteiger partial charge in [-0.3, -0.25) is 4.57 Å². The summed E-state index contributed by atoms with van der Waals surface area (Å²) in [5.41, 5.74) is 2.79. The van der Waals surface area contributed by atoms with Gasteiger partial charge in [-0.15, -0.1) is 5.10 Å². The Morgan fingerprint density at radius 3 is 2.52 bits per heavy atom. The van der Waals surface area contributed by atoms with Crippen molar-refractivity contribution in [3.05, 3.63) is 70.5 Å². The van der Waals surface area contributed by atoms with E-state index in [0.717, 1.165) is 16.7 Å². The molecule has 1 aliphatic rings. The Kier molecular flexibility index (Phi) is 8.82. The van der Waals surface area contributed by atoms with Gasteiger partial charge in [-0.1, -0.05) is 54.8 Å². The summed E-state index contributed by atoms with van der Waals surface area (Å²) in [4.78, 5) is 0. The highest BCUT2D eigenvalue weighted by Crippen LogP contribution is 2.34. The van der Waals surface area contributed by atoms with Gasteiger partial charge < -0.3 is 24.8 Å². The maximum Gasteiger partial charge on any atom is 0.322 e. The number of rotatable bonds is 6. The van der Waals surface area contributed by atoms with Crippen LogP contribution in [-0.4, -0.2) is 55.0 Å². The zero-order valence-electron chi connectivity index (χ0n) is 18.9. The fourth-order valence-electron chi connectivity index (χ4n) is 3.62. The van der Waals surface area contributed by atoms with E-state index in [4.69, 9.17) is 21.1 Å². The zero-order valence-corrected chi connectivity index (χ0v) is 19.7. The normalized spacial score (nSPS) is 22.4. The quantitative estimate of drug-likeness (QED) is 0.501. The fraction of sp³-hybridized carbons (Fsp3) is 0.417. The first kappa shape index (κ1) is 25.1. The lowest BCUT2D eigenvalue weighted by atomic mass is 9.92. The topological polar surface area (TPSA) is 110 Å². The summed E-state index contributed by atoms with van der Waals surface area (Å²) in [6.45, 7) is 3.64. The molecule has 4 atom stereocenters. The van der Waals surface area contributed by atoms with Crippen LogP contribution in [0, 0.1) is 0 Å². The number of aliphatic hydroxyl groups excluding tert-OH is 3. The summed E-state index contributed by atoms with van der Waals surface area (Å²) in [5.74, 6) is 0.651. The molecule has 8 nitrogen and oxygen atoms in total. The number of ether oxygens (including phenoxy) is 2. The minimum Gasteiger partial charge on any atom is -0.424 e. The molecule has 0 radical (unpaired) electrons. The molecular formula is C24H30ClN3O5. The third-order valence-electron chi connectivity index (χ3n) is 5.39. The average molecular weight is 476 g/mol. The van der Waals surface area contributed by atoms with Crippen molar-refractivity contribution in [3.8, 4) is 11.8 Å². The summed E-state index contributed by atoms with van der Waals surface area (Å²) >= 11 is 6.42. The van der Waals surface area contributed by atoms with Crippen molar-refractivity contribution >= 4 is 11.6 Å². The Morgan fingerprint density at radius 2 is 1.88 bits per heavy atom. The summed E-state index contributed by atoms with van der Waals surface area (Å²) in [6.07, 6.45) is -0.919. The van der Waals surface area contributed by atoms with Crippen molar-refractivity contribution in [1.29, 1.82) is 0 Å². The highest BCUT2D eigenvalue weighted by molar-refractivity contribution is 6.31. The average Bonchev–Trinajstić information content (AvgIpc) is 3.23. The van der Waals surface area contributed by atoms with Crippen molar-refractivity contribution in [2.45, 2.75) is 51.1 Å². The van der Waals surface area contributed by atoms with Crippen molar-refractivity contribution in [1.82, 2.24) is 14.8 Å². The molecular weight excluding hydrogens is 446 g/mol. The second-order valence-corrected chi connectivity index (χ2v) is 8.04. The molecule has 0 saturated carbocycles. The van der Waals surface area contributed by atoms with Crippen molar-refractivity contribution in [2.75, 3.05) is 6.61 Å². The molecule has 1 fully saturated rings. The second kappa shape index (κ2) is 11.6. The Labute approximate surface area is 198 Å². The van der Waals surface area contributed by atoms with Gasteiger partial charge in [0.25, 0.3) is 0 Å². The predicted octanol–water partition coefficient (Wildman–Crippen LogP) is 3.42. The van der Waals surface area contributed by atoms with Crippen LogP contribution in [-0.2, 0) is 18.2 Å². The number of nitrogens with zero attached hydrogens (tertiary/aromatic N) is 3. The zero-order chi connectivity index (χ0) is 24.0. The monoisotopic (exact) mass is 475 g/mol. The van der Waals surface area contributed by atoms with Gasteiger partial charge in [-0.05, 0) is 41.3 Å². The van der Waals surface area contributed by atoms with Crippen LogP contribution in [0.3, 0.4) is 0 Å². The molecule has 4 rings (SSSR count). The van der Waals surface area contributed by atoms with Crippen LogP contribution in [0.2, 0.25) is 5.02 Å². The molecule has 3 N–H and O–H groups in total. The van der Waals surface area contributed by atoms with E-state index in [1.165, 1.54) is 0 Å². The van der Waals surface area contributed by atoms with Gasteiger partial charge in [-0.25, -0.2) is 0 Å². The Hall–Kier alpha value is -2.49. The van der Waals surface area contributed by atoms with Crippen LogP contribution >= 0.6 is 11.6 Å². The molecule has 0 unspecified atom stereocenters. The summed E-state index contributed by atoms with van der Waals surface area (Å²) < 4.78 is 13.2. The predicted molar refractivity (Wildman–Crippen MR) is 124 cm³/mol. The standard InChI is InChI=1S/C22H24ClN3O5.C2H6/c1-26-12-24-25-22(26)30-16-5-2-13(3-6-16)8-15-9-14(4-7-17(15)23)19-10-18(28)21(29)20(11-27)31-19;1-2/h2-7,9,12,18-21,27-29H,8,10-11H2,1H3;1-2H3/t18-,19-,20-,21+;/m1./s1. The molecule has 9 heteroatoms. The van der Waals surface area contributed by atoms with Crippen LogP contribution in [0.5, 0.6) is 11.8 Å². The number of hydrogen-bond acceptors (Lipinski definition) is 7. The molecule has 178 valence electrons. The van der Waals surface area contributed by atoms with Crippen LogP contribution < -0.4 is 4.74 Å². The van der Waals surface area contributed by atoms with E-state index in [1.54, 1.807) is 24.0 Å². The highest BCUT2D eigenvalue weighted by atomic mass is 35.5. The number of aryl methyl sites for hydroxylation is 1. The number of halogens is 1. The van der Waals surface area contributed by atoms with E-state index >= 15 is 0 Å². The van der Waals surface area contributed by atoms with Gasteiger partial charge in [0.05, 0.1) is 18.8 Å². The van der Waals surface area contributed by atoms with E-state index in [9.17, 15) is 15.3 Å². The first-order chi connectivity index (χ1) is 15.9. The highest BCUT2D eigenvalue weighted by Gasteiger charge is 2.37. The van der Waals surface area contributed by atoms with E-state index in [1.807, 2.05) is 50.2 Å². The Balaban J connectivity index is 0.00000149. The molecule has 1 aromatic heterocycles. The van der Waals surface area contributed by atoms with Gasteiger partial charge in [0.2, 0.25) is 0 Å². The summed E-state index contributed by atoms with van der Waals surface area (Å²) in [6, 6.07) is 13.6. The van der Waals surface area contributed by atoms with Gasteiger partial charge in [-0.2, -0.15) is 0 Å². The van der Waals surface area contributed by atoms with Gasteiger partial charge in [0.1, 0.15) is 24.3 Å². The maximum atomic E-state index is 10.1. The third-order valence-corrected chi connectivity index (χ3v) is 5.76. The van der Waals surface area contributed by atoms with Gasteiger partial charge in [0, 0.05) is 18.5 Å². The molecule has 1 aliphatic heterocycles. The minimum atomic E-state index is -1.10. The molecule has 33 heavy (non-hydrogen) atoms. The Bertz CT molecular complexity index is 1030. The summed E-state index contributed by atoms with van der Waals surface area (Å²) in [5, 5.41) is 37.8. The lowest BCUT2D eigenvalue weighted by Crippen LogP contribution is -2.47. The number of aliphatic hydroxyl groups is 3.